The van der Waals surface area contributed by atoms with Crippen LogP contribution in [0.1, 0.15) is 31.5 Å². The Bertz CT molecular complexity index is 874. The smallest absolute Gasteiger partial charge is 0.0629 e. The molecule has 0 saturated heterocycles. The van der Waals surface area contributed by atoms with Gasteiger partial charge in [-0.05, 0) is 78.4 Å². The van der Waals surface area contributed by atoms with Gasteiger partial charge in [0.15, 0.2) is 0 Å². The highest BCUT2D eigenvalue weighted by Crippen LogP contribution is 2.23. The fourth-order valence-corrected chi connectivity index (χ4v) is 3.34. The summed E-state index contributed by atoms with van der Waals surface area (Å²) < 4.78 is 3.44. The molecule has 0 aliphatic carbocycles. The Morgan fingerprint density at radius 1 is 0.929 bits per heavy atom. The lowest BCUT2D eigenvalue weighted by Crippen LogP contribution is -2.07. The maximum atomic E-state index is 4.30. The molecular weight excluding hydrogens is 362 g/mol. The highest BCUT2D eigenvalue weighted by molar-refractivity contribution is 7.97. The first kappa shape index (κ1) is 20.2. The van der Waals surface area contributed by atoms with Crippen molar-refractivity contribution in [1.29, 1.82) is 0 Å². The number of pyridine rings is 1. The molecule has 2 N–H and O–H groups in total. The van der Waals surface area contributed by atoms with E-state index in [9.17, 15) is 0 Å². The van der Waals surface area contributed by atoms with Crippen molar-refractivity contribution in [2.75, 3.05) is 11.9 Å². The van der Waals surface area contributed by atoms with E-state index < -0.39 is 0 Å². The number of aromatic nitrogens is 1. The number of hydrogen-bond acceptors (Lipinski definition) is 4. The summed E-state index contributed by atoms with van der Waals surface area (Å²) in [4.78, 5) is 5.52. The minimum Gasteiger partial charge on any atom is -0.355 e. The van der Waals surface area contributed by atoms with E-state index in [1.54, 1.807) is 18.1 Å². The molecule has 0 bridgehead atoms. The maximum Gasteiger partial charge on any atom is 0.0629 e. The van der Waals surface area contributed by atoms with Gasteiger partial charge >= 0.3 is 0 Å². The Kier molecular flexibility index (Phi) is 7.71. The van der Waals surface area contributed by atoms with Crippen LogP contribution in [0.25, 0.3) is 12.2 Å². The van der Waals surface area contributed by atoms with Gasteiger partial charge in [0.25, 0.3) is 0 Å². The molecule has 0 unspecified atom stereocenters. The SMILES string of the molecule is CC(C)CCNSc1cccc(Nc2ccc(/C=C/c3ccccn3)cc2)c1. The maximum absolute atomic E-state index is 4.30. The number of nitrogens with one attached hydrogen (secondary N) is 2. The Morgan fingerprint density at radius 3 is 2.54 bits per heavy atom. The van der Waals surface area contributed by atoms with E-state index in [0.29, 0.717) is 0 Å². The Labute approximate surface area is 172 Å². The largest absolute Gasteiger partial charge is 0.355 e. The van der Waals surface area contributed by atoms with Crippen LogP contribution >= 0.6 is 11.9 Å². The van der Waals surface area contributed by atoms with Crippen LogP contribution in [0.2, 0.25) is 0 Å². The van der Waals surface area contributed by atoms with Crippen molar-refractivity contribution in [3.63, 3.8) is 0 Å². The van der Waals surface area contributed by atoms with Gasteiger partial charge in [0.05, 0.1) is 5.69 Å². The third kappa shape index (κ3) is 6.87. The second kappa shape index (κ2) is 10.7. The van der Waals surface area contributed by atoms with Gasteiger partial charge in [-0.1, -0.05) is 44.2 Å². The van der Waals surface area contributed by atoms with Gasteiger partial charge in [-0.15, -0.1) is 0 Å². The normalized spacial score (nSPS) is 11.2. The molecule has 28 heavy (non-hydrogen) atoms. The van der Waals surface area contributed by atoms with Crippen LogP contribution < -0.4 is 10.0 Å². The highest BCUT2D eigenvalue weighted by Gasteiger charge is 1.99. The molecule has 1 heterocycles. The van der Waals surface area contributed by atoms with Crippen molar-refractivity contribution in [2.24, 2.45) is 5.92 Å². The van der Waals surface area contributed by atoms with Crippen LogP contribution in [-0.4, -0.2) is 11.5 Å². The quantitative estimate of drug-likeness (QED) is 0.318. The van der Waals surface area contributed by atoms with Crippen molar-refractivity contribution >= 4 is 35.5 Å². The van der Waals surface area contributed by atoms with Gasteiger partial charge in [-0.3, -0.25) is 9.71 Å². The highest BCUT2D eigenvalue weighted by atomic mass is 32.2. The molecule has 1 aromatic heterocycles. The summed E-state index contributed by atoms with van der Waals surface area (Å²) in [5.74, 6) is 0.725. The fourth-order valence-electron chi connectivity index (χ4n) is 2.62. The van der Waals surface area contributed by atoms with Crippen LogP contribution in [0.3, 0.4) is 0 Å². The van der Waals surface area contributed by atoms with Crippen molar-refractivity contribution in [2.45, 2.75) is 25.2 Å². The molecule has 3 nitrogen and oxygen atoms in total. The number of benzene rings is 2. The lowest BCUT2D eigenvalue weighted by Gasteiger charge is -2.10. The molecule has 0 saturated carbocycles. The van der Waals surface area contributed by atoms with E-state index in [2.05, 4.69) is 83.5 Å². The van der Waals surface area contributed by atoms with E-state index >= 15 is 0 Å². The van der Waals surface area contributed by atoms with E-state index in [0.717, 1.165) is 35.1 Å². The predicted molar refractivity (Wildman–Crippen MR) is 123 cm³/mol. The Morgan fingerprint density at radius 2 is 1.79 bits per heavy atom. The molecule has 4 heteroatoms. The molecule has 144 valence electrons. The zero-order valence-corrected chi connectivity index (χ0v) is 17.2. The molecule has 0 aliphatic rings. The molecule has 0 atom stereocenters. The van der Waals surface area contributed by atoms with E-state index in [1.165, 1.54) is 11.3 Å². The monoisotopic (exact) mass is 389 g/mol. The van der Waals surface area contributed by atoms with Crippen molar-refractivity contribution in [3.05, 3.63) is 84.2 Å². The molecule has 0 aliphatic heterocycles. The summed E-state index contributed by atoms with van der Waals surface area (Å²) in [5, 5.41) is 3.48. The second-order valence-corrected chi connectivity index (χ2v) is 8.01. The molecule has 0 radical (unpaired) electrons. The van der Waals surface area contributed by atoms with Gasteiger partial charge < -0.3 is 5.32 Å². The summed E-state index contributed by atoms with van der Waals surface area (Å²) in [6.45, 7) is 5.51. The lowest BCUT2D eigenvalue weighted by atomic mass is 10.1. The zero-order chi connectivity index (χ0) is 19.6. The summed E-state index contributed by atoms with van der Waals surface area (Å²) in [7, 11) is 0. The van der Waals surface area contributed by atoms with Crippen molar-refractivity contribution in [1.82, 2.24) is 9.71 Å². The first-order valence-electron chi connectivity index (χ1n) is 9.65. The zero-order valence-electron chi connectivity index (χ0n) is 16.4. The third-order valence-corrected chi connectivity index (χ3v) is 5.02. The number of anilines is 2. The van der Waals surface area contributed by atoms with Gasteiger partial charge in [0, 0.05) is 29.0 Å². The lowest BCUT2D eigenvalue weighted by molar-refractivity contribution is 0.585. The van der Waals surface area contributed by atoms with Crippen LogP contribution in [-0.2, 0) is 0 Å². The van der Waals surface area contributed by atoms with Gasteiger partial charge in [-0.2, -0.15) is 0 Å². The van der Waals surface area contributed by atoms with Gasteiger partial charge in [0.2, 0.25) is 0 Å². The summed E-state index contributed by atoms with van der Waals surface area (Å²) >= 11 is 1.69. The average molecular weight is 390 g/mol. The Balaban J connectivity index is 1.55. The van der Waals surface area contributed by atoms with Crippen LogP contribution in [0.5, 0.6) is 0 Å². The minimum atomic E-state index is 0.725. The van der Waals surface area contributed by atoms with Gasteiger partial charge in [-0.25, -0.2) is 0 Å². The van der Waals surface area contributed by atoms with Crippen LogP contribution in [0.15, 0.2) is 77.8 Å². The van der Waals surface area contributed by atoms with Crippen molar-refractivity contribution in [3.8, 4) is 0 Å². The number of nitrogens with zero attached hydrogens (tertiary/aromatic N) is 1. The fraction of sp³-hybridized carbons (Fsp3) is 0.208. The van der Waals surface area contributed by atoms with Crippen molar-refractivity contribution < 1.29 is 0 Å². The molecular formula is C24H27N3S. The molecule has 0 spiro atoms. The number of rotatable bonds is 9. The van der Waals surface area contributed by atoms with Crippen LogP contribution in [0, 0.1) is 5.92 Å². The minimum absolute atomic E-state index is 0.725. The topological polar surface area (TPSA) is 37.0 Å². The Hall–Kier alpha value is -2.56. The first-order chi connectivity index (χ1) is 13.7. The third-order valence-electron chi connectivity index (χ3n) is 4.18. The predicted octanol–water partition coefficient (Wildman–Crippen LogP) is 6.64. The summed E-state index contributed by atoms with van der Waals surface area (Å²) in [6, 6.07) is 22.8. The average Bonchev–Trinajstić information content (AvgIpc) is 2.72. The second-order valence-electron chi connectivity index (χ2n) is 7.04. The summed E-state index contributed by atoms with van der Waals surface area (Å²) in [6.07, 6.45) is 7.09. The standard InChI is InChI=1S/C24H27N3S/c1-19(2)15-17-26-28-24-8-5-7-23(18-24)27-22-13-10-20(11-14-22)9-12-21-6-3-4-16-25-21/h3-14,16,18-19,26-27H,15,17H2,1-2H3/b12-9+. The molecule has 3 aromatic rings. The molecule has 0 amide bonds. The van der Waals surface area contributed by atoms with E-state index in [-0.39, 0.29) is 0 Å². The number of hydrogen-bond donors (Lipinski definition) is 2. The van der Waals surface area contributed by atoms with Crippen LogP contribution in [0.4, 0.5) is 11.4 Å². The molecule has 3 rings (SSSR count). The van der Waals surface area contributed by atoms with E-state index in [1.807, 2.05) is 24.3 Å². The first-order valence-corrected chi connectivity index (χ1v) is 10.5. The van der Waals surface area contributed by atoms with Gasteiger partial charge in [0.1, 0.15) is 0 Å². The molecule has 0 fully saturated rings. The molecule has 2 aromatic carbocycles. The summed E-state index contributed by atoms with van der Waals surface area (Å²) in [5.41, 5.74) is 4.27. The van der Waals surface area contributed by atoms with E-state index in [4.69, 9.17) is 0 Å².